The Labute approximate surface area is 93.1 Å². The number of Topliss-reactive ketones (excluding diaryl/α,β-unsaturated/α-hetero) is 1. The number of anilines is 1. The summed E-state index contributed by atoms with van der Waals surface area (Å²) in [5, 5.41) is 0.793. The molecule has 84 valence electrons. The molecule has 5 nitrogen and oxygen atoms in total. The number of H-pyrrole nitrogens is 1. The quantitative estimate of drug-likeness (QED) is 0.714. The van der Waals surface area contributed by atoms with E-state index in [2.05, 4.69) is 15.0 Å². The van der Waals surface area contributed by atoms with E-state index < -0.39 is 5.41 Å². The Morgan fingerprint density at radius 1 is 1.44 bits per heavy atom. The lowest BCUT2D eigenvalue weighted by Gasteiger charge is -2.14. The van der Waals surface area contributed by atoms with Crippen LogP contribution in [0.3, 0.4) is 0 Å². The van der Waals surface area contributed by atoms with Gasteiger partial charge in [-0.15, -0.1) is 0 Å². The summed E-state index contributed by atoms with van der Waals surface area (Å²) in [6.07, 6.45) is 1.60. The van der Waals surface area contributed by atoms with Crippen molar-refractivity contribution in [3.05, 3.63) is 18.0 Å². The van der Waals surface area contributed by atoms with Crippen molar-refractivity contribution in [2.75, 3.05) is 5.73 Å². The summed E-state index contributed by atoms with van der Waals surface area (Å²) >= 11 is 0. The zero-order chi connectivity index (χ0) is 11.9. The Morgan fingerprint density at radius 2 is 2.12 bits per heavy atom. The molecule has 0 aromatic carbocycles. The van der Waals surface area contributed by atoms with E-state index in [9.17, 15) is 4.79 Å². The third-order valence-corrected chi connectivity index (χ3v) is 2.31. The smallest absolute Gasteiger partial charge is 0.221 e. The molecule has 0 fully saturated rings. The highest BCUT2D eigenvalue weighted by Gasteiger charge is 2.24. The van der Waals surface area contributed by atoms with Crippen LogP contribution in [-0.4, -0.2) is 20.7 Å². The predicted octanol–water partition coefficient (Wildman–Crippen LogP) is 1.77. The van der Waals surface area contributed by atoms with Crippen molar-refractivity contribution < 1.29 is 4.79 Å². The molecule has 0 amide bonds. The molecule has 0 saturated heterocycles. The number of aromatic amines is 1. The minimum Gasteiger partial charge on any atom is -0.368 e. The molecule has 0 saturated carbocycles. The van der Waals surface area contributed by atoms with Gasteiger partial charge in [-0.2, -0.15) is 4.98 Å². The van der Waals surface area contributed by atoms with E-state index in [0.29, 0.717) is 11.3 Å². The largest absolute Gasteiger partial charge is 0.368 e. The van der Waals surface area contributed by atoms with Crippen LogP contribution in [-0.2, 0) is 0 Å². The average molecular weight is 218 g/mol. The first-order valence-corrected chi connectivity index (χ1v) is 5.04. The van der Waals surface area contributed by atoms with Crippen LogP contribution < -0.4 is 5.73 Å². The van der Waals surface area contributed by atoms with Crippen molar-refractivity contribution in [3.63, 3.8) is 0 Å². The molecule has 0 spiro atoms. The first-order chi connectivity index (χ1) is 7.38. The maximum absolute atomic E-state index is 12.0. The molecule has 0 radical (unpaired) electrons. The molecular weight excluding hydrogens is 204 g/mol. The van der Waals surface area contributed by atoms with Gasteiger partial charge in [0, 0.05) is 17.0 Å². The number of nitrogen functional groups attached to an aromatic ring is 1. The molecule has 2 aromatic rings. The Morgan fingerprint density at radius 3 is 2.75 bits per heavy atom. The fraction of sp³-hybridized carbons (Fsp3) is 0.364. The molecule has 2 aromatic heterocycles. The van der Waals surface area contributed by atoms with Crippen molar-refractivity contribution in [1.82, 2.24) is 15.0 Å². The van der Waals surface area contributed by atoms with E-state index in [-0.39, 0.29) is 11.7 Å². The van der Waals surface area contributed by atoms with E-state index in [1.54, 1.807) is 12.3 Å². The van der Waals surface area contributed by atoms with Gasteiger partial charge in [-0.3, -0.25) is 4.79 Å². The van der Waals surface area contributed by atoms with Gasteiger partial charge in [-0.05, 0) is 6.07 Å². The lowest BCUT2D eigenvalue weighted by atomic mass is 9.89. The standard InChI is InChI=1S/C11H14N4O/c1-11(2,3)8(16)7-4-6-5-13-10(12)15-9(6)14-7/h4-5H,1-3H3,(H3,12,13,14,15). The van der Waals surface area contributed by atoms with E-state index in [4.69, 9.17) is 5.73 Å². The van der Waals surface area contributed by atoms with Gasteiger partial charge in [0.25, 0.3) is 0 Å². The molecule has 0 unspecified atom stereocenters. The SMILES string of the molecule is CC(C)(C)C(=O)c1cc2cnc(N)nc2[nH]1. The highest BCUT2D eigenvalue weighted by atomic mass is 16.1. The zero-order valence-electron chi connectivity index (χ0n) is 9.53. The highest BCUT2D eigenvalue weighted by molar-refractivity contribution is 6.01. The number of fused-ring (bicyclic) bond motifs is 1. The Bertz CT molecular complexity index is 551. The molecule has 0 aliphatic carbocycles. The molecule has 2 rings (SSSR count). The number of nitrogens with two attached hydrogens (primary N) is 1. The number of rotatable bonds is 1. The van der Waals surface area contributed by atoms with Crippen LogP contribution in [0.1, 0.15) is 31.3 Å². The summed E-state index contributed by atoms with van der Waals surface area (Å²) in [7, 11) is 0. The molecule has 0 atom stereocenters. The van der Waals surface area contributed by atoms with Gasteiger partial charge in [-0.1, -0.05) is 20.8 Å². The summed E-state index contributed by atoms with van der Waals surface area (Å²) in [5.41, 5.74) is 6.19. The summed E-state index contributed by atoms with van der Waals surface area (Å²) in [4.78, 5) is 22.9. The third kappa shape index (κ3) is 1.76. The van der Waals surface area contributed by atoms with Crippen molar-refractivity contribution >= 4 is 22.8 Å². The van der Waals surface area contributed by atoms with Gasteiger partial charge in [0.15, 0.2) is 5.78 Å². The third-order valence-electron chi connectivity index (χ3n) is 2.31. The number of hydrogen-bond acceptors (Lipinski definition) is 4. The molecule has 5 heteroatoms. The number of hydrogen-bond donors (Lipinski definition) is 2. The number of nitrogens with zero attached hydrogens (tertiary/aromatic N) is 2. The normalized spacial score (nSPS) is 11.9. The number of nitrogens with one attached hydrogen (secondary N) is 1. The Kier molecular flexibility index (Phi) is 2.18. The molecular formula is C11H14N4O. The van der Waals surface area contributed by atoms with Crippen LogP contribution in [0.25, 0.3) is 11.0 Å². The Balaban J connectivity index is 2.52. The molecule has 0 aliphatic rings. The fourth-order valence-corrected chi connectivity index (χ4v) is 1.46. The first kappa shape index (κ1) is 10.6. The van der Waals surface area contributed by atoms with Crippen molar-refractivity contribution in [2.45, 2.75) is 20.8 Å². The Hall–Kier alpha value is -1.91. The number of carbonyl (C=O) groups excluding carboxylic acids is 1. The van der Waals surface area contributed by atoms with Crippen LogP contribution in [0.4, 0.5) is 5.95 Å². The maximum Gasteiger partial charge on any atom is 0.221 e. The molecule has 2 heterocycles. The lowest BCUT2D eigenvalue weighted by Crippen LogP contribution is -2.20. The van der Waals surface area contributed by atoms with Gasteiger partial charge in [0.2, 0.25) is 5.95 Å². The number of carbonyl (C=O) groups is 1. The highest BCUT2D eigenvalue weighted by Crippen LogP contribution is 2.22. The van der Waals surface area contributed by atoms with Gasteiger partial charge >= 0.3 is 0 Å². The fourth-order valence-electron chi connectivity index (χ4n) is 1.46. The lowest BCUT2D eigenvalue weighted by molar-refractivity contribution is 0.0854. The number of aromatic nitrogens is 3. The van der Waals surface area contributed by atoms with Crippen molar-refractivity contribution in [2.24, 2.45) is 5.41 Å². The van der Waals surface area contributed by atoms with Crippen molar-refractivity contribution in [3.8, 4) is 0 Å². The molecule has 16 heavy (non-hydrogen) atoms. The summed E-state index contributed by atoms with van der Waals surface area (Å²) in [6.45, 7) is 5.63. The zero-order valence-corrected chi connectivity index (χ0v) is 9.53. The van der Waals surface area contributed by atoms with Gasteiger partial charge in [0.05, 0.1) is 5.69 Å². The van der Waals surface area contributed by atoms with Gasteiger partial charge < -0.3 is 10.7 Å². The second kappa shape index (κ2) is 3.30. The van der Waals surface area contributed by atoms with Gasteiger partial charge in [-0.25, -0.2) is 4.98 Å². The maximum atomic E-state index is 12.0. The average Bonchev–Trinajstić information content (AvgIpc) is 2.57. The van der Waals surface area contributed by atoms with E-state index in [1.165, 1.54) is 0 Å². The van der Waals surface area contributed by atoms with E-state index in [0.717, 1.165) is 5.39 Å². The predicted molar refractivity (Wildman–Crippen MR) is 62.1 cm³/mol. The monoisotopic (exact) mass is 218 g/mol. The minimum atomic E-state index is -0.417. The molecule has 0 bridgehead atoms. The van der Waals surface area contributed by atoms with Crippen LogP contribution in [0.2, 0.25) is 0 Å². The topological polar surface area (TPSA) is 84.7 Å². The van der Waals surface area contributed by atoms with Gasteiger partial charge in [0.1, 0.15) is 5.65 Å². The van der Waals surface area contributed by atoms with Crippen LogP contribution in [0.15, 0.2) is 12.3 Å². The summed E-state index contributed by atoms with van der Waals surface area (Å²) in [5.74, 6) is 0.244. The second-order valence-electron chi connectivity index (χ2n) is 4.79. The first-order valence-electron chi connectivity index (χ1n) is 5.04. The van der Waals surface area contributed by atoms with Crippen LogP contribution in [0.5, 0.6) is 0 Å². The van der Waals surface area contributed by atoms with Crippen LogP contribution in [0, 0.1) is 5.41 Å². The summed E-state index contributed by atoms with van der Waals surface area (Å²) < 4.78 is 0. The second-order valence-corrected chi connectivity index (χ2v) is 4.79. The summed E-state index contributed by atoms with van der Waals surface area (Å²) in [6, 6.07) is 1.75. The van der Waals surface area contributed by atoms with E-state index in [1.807, 2.05) is 20.8 Å². The van der Waals surface area contributed by atoms with Crippen molar-refractivity contribution in [1.29, 1.82) is 0 Å². The van der Waals surface area contributed by atoms with E-state index >= 15 is 0 Å². The molecule has 3 N–H and O–H groups in total. The number of ketones is 1. The molecule has 0 aliphatic heterocycles. The minimum absolute atomic E-state index is 0.0454. The van der Waals surface area contributed by atoms with Crippen LogP contribution >= 0.6 is 0 Å².